The van der Waals surface area contributed by atoms with Crippen LogP contribution in [0.5, 0.6) is 11.5 Å². The van der Waals surface area contributed by atoms with E-state index in [-0.39, 0.29) is 5.91 Å². The molecule has 0 fully saturated rings. The topological polar surface area (TPSA) is 38.3 Å². The molecule has 4 aromatic rings. The Morgan fingerprint density at radius 3 is 2.27 bits per heavy atom. The van der Waals surface area contributed by atoms with Crippen molar-refractivity contribution in [3.05, 3.63) is 103 Å². The molecule has 1 amide bonds. The lowest BCUT2D eigenvalue weighted by Crippen LogP contribution is -2.12. The normalized spacial score (nSPS) is 10.5. The Kier molecular flexibility index (Phi) is 4.35. The van der Waals surface area contributed by atoms with Gasteiger partial charge in [0, 0.05) is 17.3 Å². The largest absolute Gasteiger partial charge is 0.457 e. The van der Waals surface area contributed by atoms with E-state index >= 15 is 0 Å². The number of anilines is 1. The Labute approximate surface area is 151 Å². The molecule has 0 aliphatic heterocycles. The van der Waals surface area contributed by atoms with Crippen LogP contribution in [0.25, 0.3) is 10.8 Å². The fraction of sp³-hybridized carbons (Fsp3) is 0. The minimum absolute atomic E-state index is 0.140. The monoisotopic (exact) mass is 339 g/mol. The Bertz CT molecular complexity index is 1050. The summed E-state index contributed by atoms with van der Waals surface area (Å²) in [6.45, 7) is 0. The smallest absolute Gasteiger partial charge is 0.256 e. The first kappa shape index (κ1) is 15.9. The van der Waals surface area contributed by atoms with Crippen molar-refractivity contribution in [3.63, 3.8) is 0 Å². The second-order valence-corrected chi connectivity index (χ2v) is 5.92. The van der Waals surface area contributed by atoms with Crippen molar-refractivity contribution in [2.45, 2.75) is 0 Å². The molecule has 0 aromatic heterocycles. The number of rotatable bonds is 4. The number of fused-ring (bicyclic) bond motifs is 1. The molecule has 0 bridgehead atoms. The molecule has 0 aliphatic rings. The van der Waals surface area contributed by atoms with Crippen molar-refractivity contribution >= 4 is 22.4 Å². The van der Waals surface area contributed by atoms with E-state index in [9.17, 15) is 4.79 Å². The number of hydrogen-bond acceptors (Lipinski definition) is 2. The van der Waals surface area contributed by atoms with Gasteiger partial charge in [0.25, 0.3) is 5.91 Å². The predicted molar refractivity (Wildman–Crippen MR) is 105 cm³/mol. The van der Waals surface area contributed by atoms with Crippen LogP contribution in [0.2, 0.25) is 0 Å². The third-order valence-electron chi connectivity index (χ3n) is 4.11. The number of hydrogen-bond donors (Lipinski definition) is 1. The highest BCUT2D eigenvalue weighted by atomic mass is 16.5. The standard InChI is InChI=1S/C23H17NO2/c25-23(22-15-6-9-17-8-4-5-14-21(17)22)24-18-10-7-13-20(16-18)26-19-11-2-1-3-12-19/h1-16H,(H,24,25). The average Bonchev–Trinajstić information content (AvgIpc) is 2.68. The van der Waals surface area contributed by atoms with Crippen LogP contribution >= 0.6 is 0 Å². The molecule has 0 aliphatic carbocycles. The fourth-order valence-electron chi connectivity index (χ4n) is 2.88. The van der Waals surface area contributed by atoms with Crippen LogP contribution < -0.4 is 10.1 Å². The van der Waals surface area contributed by atoms with Crippen molar-refractivity contribution in [2.75, 3.05) is 5.32 Å². The maximum absolute atomic E-state index is 12.7. The quantitative estimate of drug-likeness (QED) is 0.504. The second-order valence-electron chi connectivity index (χ2n) is 5.92. The fourth-order valence-corrected chi connectivity index (χ4v) is 2.88. The third kappa shape index (κ3) is 3.42. The highest BCUT2D eigenvalue weighted by Crippen LogP contribution is 2.25. The van der Waals surface area contributed by atoms with E-state index in [1.54, 1.807) is 0 Å². The Hall–Kier alpha value is -3.59. The van der Waals surface area contributed by atoms with Gasteiger partial charge in [-0.25, -0.2) is 0 Å². The number of carbonyl (C=O) groups excluding carboxylic acids is 1. The first-order valence-electron chi connectivity index (χ1n) is 8.42. The van der Waals surface area contributed by atoms with Crippen molar-refractivity contribution in [1.82, 2.24) is 0 Å². The summed E-state index contributed by atoms with van der Waals surface area (Å²) in [5, 5.41) is 4.93. The van der Waals surface area contributed by atoms with E-state index in [2.05, 4.69) is 5.32 Å². The summed E-state index contributed by atoms with van der Waals surface area (Å²) in [5.74, 6) is 1.29. The molecule has 1 N–H and O–H groups in total. The van der Waals surface area contributed by atoms with Crippen LogP contribution in [0.4, 0.5) is 5.69 Å². The molecular formula is C23H17NO2. The van der Waals surface area contributed by atoms with Crippen molar-refractivity contribution in [3.8, 4) is 11.5 Å². The first-order valence-corrected chi connectivity index (χ1v) is 8.42. The van der Waals surface area contributed by atoms with Crippen LogP contribution in [0.15, 0.2) is 97.1 Å². The van der Waals surface area contributed by atoms with Crippen LogP contribution in [0, 0.1) is 0 Å². The summed E-state index contributed by atoms with van der Waals surface area (Å²) < 4.78 is 5.83. The van der Waals surface area contributed by atoms with Gasteiger partial charge in [-0.05, 0) is 41.1 Å². The van der Waals surface area contributed by atoms with Crippen LogP contribution in [-0.4, -0.2) is 5.91 Å². The van der Waals surface area contributed by atoms with Crippen molar-refractivity contribution < 1.29 is 9.53 Å². The third-order valence-corrected chi connectivity index (χ3v) is 4.11. The number of ether oxygens (including phenoxy) is 1. The molecule has 26 heavy (non-hydrogen) atoms. The van der Waals surface area contributed by atoms with E-state index in [1.165, 1.54) is 0 Å². The molecule has 4 rings (SSSR count). The lowest BCUT2D eigenvalue weighted by atomic mass is 10.0. The summed E-state index contributed by atoms with van der Waals surface area (Å²) in [7, 11) is 0. The molecule has 3 nitrogen and oxygen atoms in total. The van der Waals surface area contributed by atoms with Crippen molar-refractivity contribution in [1.29, 1.82) is 0 Å². The maximum atomic E-state index is 12.7. The van der Waals surface area contributed by atoms with Gasteiger partial charge in [0.2, 0.25) is 0 Å². The van der Waals surface area contributed by atoms with Gasteiger partial charge in [0.15, 0.2) is 0 Å². The number of nitrogens with one attached hydrogen (secondary N) is 1. The predicted octanol–water partition coefficient (Wildman–Crippen LogP) is 5.88. The van der Waals surface area contributed by atoms with Gasteiger partial charge in [-0.2, -0.15) is 0 Å². The van der Waals surface area contributed by atoms with Crippen LogP contribution in [0.1, 0.15) is 10.4 Å². The summed E-state index contributed by atoms with van der Waals surface area (Å²) in [6.07, 6.45) is 0. The van der Waals surface area contributed by atoms with Gasteiger partial charge in [-0.1, -0.05) is 60.7 Å². The number of amides is 1. The van der Waals surface area contributed by atoms with Crippen molar-refractivity contribution in [2.24, 2.45) is 0 Å². The van der Waals surface area contributed by atoms with E-state index in [0.717, 1.165) is 16.5 Å². The summed E-state index contributed by atoms with van der Waals surface area (Å²) >= 11 is 0. The lowest BCUT2D eigenvalue weighted by molar-refractivity contribution is 0.102. The SMILES string of the molecule is O=C(Nc1cccc(Oc2ccccc2)c1)c1cccc2ccccc12. The molecule has 126 valence electrons. The molecule has 0 saturated heterocycles. The molecule has 0 radical (unpaired) electrons. The highest BCUT2D eigenvalue weighted by Gasteiger charge is 2.10. The summed E-state index contributed by atoms with van der Waals surface area (Å²) in [5.41, 5.74) is 1.34. The lowest BCUT2D eigenvalue weighted by Gasteiger charge is -2.10. The van der Waals surface area contributed by atoms with Gasteiger partial charge < -0.3 is 10.1 Å². The van der Waals surface area contributed by atoms with Gasteiger partial charge in [-0.15, -0.1) is 0 Å². The average molecular weight is 339 g/mol. The zero-order chi connectivity index (χ0) is 17.8. The molecule has 3 heteroatoms. The zero-order valence-electron chi connectivity index (χ0n) is 14.1. The van der Waals surface area contributed by atoms with Gasteiger partial charge in [0.1, 0.15) is 11.5 Å². The Morgan fingerprint density at radius 1 is 0.692 bits per heavy atom. The maximum Gasteiger partial charge on any atom is 0.256 e. The zero-order valence-corrected chi connectivity index (χ0v) is 14.1. The molecule has 0 saturated carbocycles. The van der Waals surface area contributed by atoms with E-state index in [1.807, 2.05) is 97.1 Å². The molecule has 0 heterocycles. The van der Waals surface area contributed by atoms with Gasteiger partial charge in [-0.3, -0.25) is 4.79 Å². The second kappa shape index (κ2) is 7.11. The summed E-state index contributed by atoms with van der Waals surface area (Å²) in [6, 6.07) is 30.5. The minimum Gasteiger partial charge on any atom is -0.457 e. The molecular weight excluding hydrogens is 322 g/mol. The van der Waals surface area contributed by atoms with E-state index in [0.29, 0.717) is 17.0 Å². The molecule has 0 spiro atoms. The number of para-hydroxylation sites is 1. The number of benzene rings is 4. The molecule has 0 atom stereocenters. The Morgan fingerprint density at radius 2 is 1.38 bits per heavy atom. The Balaban J connectivity index is 1.57. The van der Waals surface area contributed by atoms with Crippen LogP contribution in [-0.2, 0) is 0 Å². The van der Waals surface area contributed by atoms with Crippen LogP contribution in [0.3, 0.4) is 0 Å². The first-order chi connectivity index (χ1) is 12.8. The van der Waals surface area contributed by atoms with E-state index in [4.69, 9.17) is 4.74 Å². The molecule has 4 aromatic carbocycles. The highest BCUT2D eigenvalue weighted by molar-refractivity contribution is 6.12. The number of carbonyl (C=O) groups is 1. The van der Waals surface area contributed by atoms with E-state index < -0.39 is 0 Å². The van der Waals surface area contributed by atoms with Gasteiger partial charge >= 0.3 is 0 Å². The minimum atomic E-state index is -0.140. The molecule has 0 unspecified atom stereocenters. The summed E-state index contributed by atoms with van der Waals surface area (Å²) in [4.78, 5) is 12.7. The van der Waals surface area contributed by atoms with Gasteiger partial charge in [0.05, 0.1) is 0 Å².